The van der Waals surface area contributed by atoms with Crippen LogP contribution in [0.25, 0.3) is 5.69 Å². The highest BCUT2D eigenvalue weighted by Gasteiger charge is 2.15. The topological polar surface area (TPSA) is 75.5 Å². The van der Waals surface area contributed by atoms with Gasteiger partial charge in [0.05, 0.1) is 6.21 Å². The van der Waals surface area contributed by atoms with Gasteiger partial charge >= 0.3 is 11.8 Å². The molecule has 0 bridgehead atoms. The molecule has 0 spiro atoms. The second kappa shape index (κ2) is 8.92. The van der Waals surface area contributed by atoms with Crippen LogP contribution in [0, 0.1) is 26.6 Å². The zero-order chi connectivity index (χ0) is 21.8. The fourth-order valence-corrected chi connectivity index (χ4v) is 3.20. The number of amides is 2. The Kier molecular flexibility index (Phi) is 6.32. The predicted octanol–water partition coefficient (Wildman–Crippen LogP) is 4.28. The number of hydrogen-bond acceptors (Lipinski definition) is 3. The molecule has 2 aromatic carbocycles. The molecule has 2 N–H and O–H groups in total. The largest absolute Gasteiger partial charge is 0.329 e. The molecule has 0 radical (unpaired) electrons. The molecule has 2 amide bonds. The van der Waals surface area contributed by atoms with Crippen molar-refractivity contribution in [2.75, 3.05) is 5.32 Å². The van der Waals surface area contributed by atoms with E-state index in [2.05, 4.69) is 15.8 Å². The molecule has 1 aromatic heterocycles. The van der Waals surface area contributed by atoms with Gasteiger partial charge in [0.2, 0.25) is 0 Å². The number of anilines is 1. The first kappa shape index (κ1) is 21.3. The molecule has 3 aromatic rings. The van der Waals surface area contributed by atoms with Crippen molar-refractivity contribution in [2.45, 2.75) is 20.8 Å². The summed E-state index contributed by atoms with van der Waals surface area (Å²) in [5.41, 5.74) is 6.78. The van der Waals surface area contributed by atoms with Crippen molar-refractivity contribution in [3.63, 3.8) is 0 Å². The zero-order valence-corrected chi connectivity index (χ0v) is 17.4. The highest BCUT2D eigenvalue weighted by molar-refractivity contribution is 6.40. The Labute approximate surface area is 178 Å². The maximum Gasteiger partial charge on any atom is 0.329 e. The summed E-state index contributed by atoms with van der Waals surface area (Å²) in [6.45, 7) is 5.58. The second-order valence-electron chi connectivity index (χ2n) is 6.75. The first-order chi connectivity index (χ1) is 14.3. The third-order valence-electron chi connectivity index (χ3n) is 4.58. The van der Waals surface area contributed by atoms with Crippen LogP contribution in [-0.2, 0) is 9.59 Å². The van der Waals surface area contributed by atoms with Crippen LogP contribution in [0.4, 0.5) is 10.1 Å². The Balaban J connectivity index is 1.68. The molecule has 0 fully saturated rings. The Morgan fingerprint density at radius 3 is 2.43 bits per heavy atom. The van der Waals surface area contributed by atoms with E-state index in [1.54, 1.807) is 37.3 Å². The molecule has 8 heteroatoms. The van der Waals surface area contributed by atoms with Crippen LogP contribution in [0.3, 0.4) is 0 Å². The maximum atomic E-state index is 13.2. The Morgan fingerprint density at radius 2 is 1.73 bits per heavy atom. The van der Waals surface area contributed by atoms with Gasteiger partial charge in [-0.2, -0.15) is 5.10 Å². The van der Waals surface area contributed by atoms with Crippen molar-refractivity contribution >= 4 is 35.3 Å². The van der Waals surface area contributed by atoms with E-state index in [1.807, 2.05) is 24.5 Å². The summed E-state index contributed by atoms with van der Waals surface area (Å²) in [6.07, 6.45) is 1.46. The fourth-order valence-electron chi connectivity index (χ4n) is 3.02. The summed E-state index contributed by atoms with van der Waals surface area (Å²) in [6, 6.07) is 13.0. The molecule has 0 saturated carbocycles. The van der Waals surface area contributed by atoms with Gasteiger partial charge in [-0.15, -0.1) is 0 Å². The number of aromatic nitrogens is 1. The van der Waals surface area contributed by atoms with Gasteiger partial charge in [0.1, 0.15) is 5.82 Å². The third kappa shape index (κ3) is 4.75. The van der Waals surface area contributed by atoms with E-state index in [1.165, 1.54) is 18.3 Å². The lowest BCUT2D eigenvalue weighted by molar-refractivity contribution is -0.136. The molecule has 0 aliphatic heterocycles. The highest BCUT2D eigenvalue weighted by Crippen LogP contribution is 2.21. The van der Waals surface area contributed by atoms with E-state index in [0.29, 0.717) is 10.7 Å². The smallest absolute Gasteiger partial charge is 0.318 e. The monoisotopic (exact) mass is 426 g/mol. The fraction of sp³-hybridized carbons (Fsp3) is 0.136. The number of nitrogens with one attached hydrogen (secondary N) is 2. The zero-order valence-electron chi connectivity index (χ0n) is 16.7. The van der Waals surface area contributed by atoms with Gasteiger partial charge < -0.3 is 9.88 Å². The molecule has 154 valence electrons. The van der Waals surface area contributed by atoms with Crippen molar-refractivity contribution in [3.8, 4) is 5.69 Å². The molecule has 1 heterocycles. The Bertz CT molecular complexity index is 1140. The molecule has 0 atom stereocenters. The number of halogens is 2. The number of rotatable bonds is 4. The van der Waals surface area contributed by atoms with E-state index in [4.69, 9.17) is 11.6 Å². The van der Waals surface area contributed by atoms with E-state index >= 15 is 0 Å². The summed E-state index contributed by atoms with van der Waals surface area (Å²) in [7, 11) is 0. The number of carbonyl (C=O) groups excluding carboxylic acids is 2. The second-order valence-corrected chi connectivity index (χ2v) is 7.19. The minimum absolute atomic E-state index is 0.308. The summed E-state index contributed by atoms with van der Waals surface area (Å²) < 4.78 is 15.1. The predicted molar refractivity (Wildman–Crippen MR) is 116 cm³/mol. The van der Waals surface area contributed by atoms with Crippen molar-refractivity contribution < 1.29 is 14.0 Å². The normalized spacial score (nSPS) is 11.0. The average Bonchev–Trinajstić information content (AvgIpc) is 2.98. The highest BCUT2D eigenvalue weighted by atomic mass is 35.5. The van der Waals surface area contributed by atoms with Gasteiger partial charge in [-0.25, -0.2) is 9.82 Å². The van der Waals surface area contributed by atoms with Crippen molar-refractivity contribution in [1.29, 1.82) is 0 Å². The number of hydrazone groups is 1. The summed E-state index contributed by atoms with van der Waals surface area (Å²) in [5, 5.41) is 6.84. The van der Waals surface area contributed by atoms with Crippen molar-refractivity contribution in [1.82, 2.24) is 9.99 Å². The van der Waals surface area contributed by atoms with E-state index in [0.717, 1.165) is 28.2 Å². The molecular formula is C22H20ClFN4O2. The van der Waals surface area contributed by atoms with Gasteiger partial charge in [0.15, 0.2) is 0 Å². The molecule has 0 unspecified atom stereocenters. The number of carbonyl (C=O) groups is 2. The van der Waals surface area contributed by atoms with Gasteiger partial charge in [-0.1, -0.05) is 17.7 Å². The van der Waals surface area contributed by atoms with Gasteiger partial charge in [-0.05, 0) is 68.8 Å². The average molecular weight is 427 g/mol. The van der Waals surface area contributed by atoms with Crippen LogP contribution in [0.15, 0.2) is 53.6 Å². The van der Waals surface area contributed by atoms with Gasteiger partial charge in [-0.3, -0.25) is 9.59 Å². The first-order valence-corrected chi connectivity index (χ1v) is 9.49. The van der Waals surface area contributed by atoms with Crippen molar-refractivity contribution in [2.24, 2.45) is 5.10 Å². The maximum absolute atomic E-state index is 13.2. The molecule has 30 heavy (non-hydrogen) atoms. The van der Waals surface area contributed by atoms with Crippen LogP contribution in [0.1, 0.15) is 22.5 Å². The molecule has 3 rings (SSSR count). The molecule has 0 aliphatic carbocycles. The number of nitrogens with zero attached hydrogens (tertiary/aromatic N) is 2. The minimum Gasteiger partial charge on any atom is -0.318 e. The van der Waals surface area contributed by atoms with E-state index < -0.39 is 11.8 Å². The van der Waals surface area contributed by atoms with Crippen LogP contribution < -0.4 is 10.7 Å². The van der Waals surface area contributed by atoms with Crippen LogP contribution in [-0.4, -0.2) is 22.6 Å². The van der Waals surface area contributed by atoms with Gasteiger partial charge in [0.25, 0.3) is 0 Å². The molecular weight excluding hydrogens is 407 g/mol. The van der Waals surface area contributed by atoms with E-state index in [-0.39, 0.29) is 5.82 Å². The Morgan fingerprint density at radius 1 is 1.03 bits per heavy atom. The minimum atomic E-state index is -0.905. The lowest BCUT2D eigenvalue weighted by Crippen LogP contribution is -2.32. The molecule has 0 aliphatic rings. The van der Waals surface area contributed by atoms with Crippen molar-refractivity contribution in [3.05, 3.63) is 81.9 Å². The Hall–Kier alpha value is -3.45. The first-order valence-electron chi connectivity index (χ1n) is 9.11. The SMILES string of the molecule is Cc1ccc(Cl)cc1NC(=O)C(=O)N/N=C\c1cc(C)n(-c2ccc(F)cc2)c1C. The third-order valence-corrected chi connectivity index (χ3v) is 4.81. The quantitative estimate of drug-likeness (QED) is 0.371. The number of hydrogen-bond donors (Lipinski definition) is 2. The summed E-state index contributed by atoms with van der Waals surface area (Å²) in [4.78, 5) is 24.1. The van der Waals surface area contributed by atoms with Gasteiger partial charge in [0, 0.05) is 33.3 Å². The van der Waals surface area contributed by atoms with Crippen LogP contribution >= 0.6 is 11.6 Å². The molecule has 0 saturated heterocycles. The van der Waals surface area contributed by atoms with Crippen LogP contribution in [0.2, 0.25) is 5.02 Å². The summed E-state index contributed by atoms with van der Waals surface area (Å²) in [5.74, 6) is -2.07. The lowest BCUT2D eigenvalue weighted by atomic mass is 10.2. The standard InChI is InChI=1S/C22H20ClFN4O2/c1-13-4-5-17(23)11-20(13)26-21(29)22(30)27-25-12-16-10-14(2)28(15(16)3)19-8-6-18(24)7-9-19/h4-12H,1-3H3,(H,26,29)(H,27,30)/b25-12-. The lowest BCUT2D eigenvalue weighted by Gasteiger charge is -2.09. The van der Waals surface area contributed by atoms with E-state index in [9.17, 15) is 14.0 Å². The molecule has 6 nitrogen and oxygen atoms in total. The summed E-state index contributed by atoms with van der Waals surface area (Å²) >= 11 is 5.92. The van der Waals surface area contributed by atoms with Crippen LogP contribution in [0.5, 0.6) is 0 Å². The number of aryl methyl sites for hydroxylation is 2. The number of benzene rings is 2.